The summed E-state index contributed by atoms with van der Waals surface area (Å²) < 4.78 is 28.5. The van der Waals surface area contributed by atoms with Gasteiger partial charge < -0.3 is 9.64 Å². The molecule has 0 saturated carbocycles. The van der Waals surface area contributed by atoms with Gasteiger partial charge in [-0.3, -0.25) is 4.79 Å². The van der Waals surface area contributed by atoms with E-state index >= 15 is 0 Å². The van der Waals surface area contributed by atoms with Crippen LogP contribution in [0.4, 0.5) is 14.5 Å². The molecule has 1 heterocycles. The minimum atomic E-state index is -2.86. The smallest absolute Gasteiger partial charge is 0.387 e. The number of ether oxygens (including phenoxy) is 1. The number of anilines is 1. The van der Waals surface area contributed by atoms with Crippen molar-refractivity contribution in [1.29, 1.82) is 0 Å². The van der Waals surface area contributed by atoms with Gasteiger partial charge in [-0.1, -0.05) is 18.2 Å². The maximum absolute atomic E-state index is 12.5. The van der Waals surface area contributed by atoms with Crippen LogP contribution in [0.2, 0.25) is 0 Å². The van der Waals surface area contributed by atoms with Crippen LogP contribution in [0.25, 0.3) is 0 Å². The first-order valence-corrected chi connectivity index (χ1v) is 6.60. The number of hydrogen-bond acceptors (Lipinski definition) is 2. The van der Waals surface area contributed by atoms with Crippen LogP contribution >= 0.6 is 0 Å². The van der Waals surface area contributed by atoms with Crippen molar-refractivity contribution in [3.8, 4) is 5.75 Å². The molecule has 5 heteroatoms. The first-order chi connectivity index (χ1) is 10.1. The van der Waals surface area contributed by atoms with Crippen LogP contribution in [0.5, 0.6) is 5.75 Å². The van der Waals surface area contributed by atoms with E-state index in [4.69, 9.17) is 0 Å². The highest BCUT2D eigenvalue weighted by atomic mass is 19.3. The van der Waals surface area contributed by atoms with Crippen LogP contribution in [0.3, 0.4) is 0 Å². The molecule has 0 fully saturated rings. The number of nitrogens with zero attached hydrogens (tertiary/aromatic N) is 1. The Morgan fingerprint density at radius 2 is 1.81 bits per heavy atom. The molecule has 1 aliphatic heterocycles. The van der Waals surface area contributed by atoms with E-state index < -0.39 is 6.61 Å². The van der Waals surface area contributed by atoms with Gasteiger partial charge >= 0.3 is 6.61 Å². The van der Waals surface area contributed by atoms with Crippen LogP contribution < -0.4 is 9.64 Å². The number of para-hydroxylation sites is 1. The maximum Gasteiger partial charge on any atom is 0.387 e. The molecule has 1 aliphatic rings. The monoisotopic (exact) mass is 289 g/mol. The SMILES string of the molecule is O=C(c1ccc(OC(F)F)cc1)N1CCc2ccccc21. The van der Waals surface area contributed by atoms with Gasteiger partial charge in [0.2, 0.25) is 0 Å². The van der Waals surface area contributed by atoms with E-state index in [-0.39, 0.29) is 11.7 Å². The lowest BCUT2D eigenvalue weighted by molar-refractivity contribution is -0.0498. The summed E-state index contributed by atoms with van der Waals surface area (Å²) in [5, 5.41) is 0. The molecule has 21 heavy (non-hydrogen) atoms. The number of amides is 1. The van der Waals surface area contributed by atoms with Crippen molar-refractivity contribution in [3.63, 3.8) is 0 Å². The summed E-state index contributed by atoms with van der Waals surface area (Å²) in [5.41, 5.74) is 2.51. The number of hydrogen-bond donors (Lipinski definition) is 0. The first kappa shape index (κ1) is 13.5. The summed E-state index contributed by atoms with van der Waals surface area (Å²) in [7, 11) is 0. The second-order valence-electron chi connectivity index (χ2n) is 4.74. The van der Waals surface area contributed by atoms with Gasteiger partial charge in [0.05, 0.1) is 0 Å². The lowest BCUT2D eigenvalue weighted by atomic mass is 10.1. The highest BCUT2D eigenvalue weighted by Crippen LogP contribution is 2.29. The van der Waals surface area contributed by atoms with Gasteiger partial charge in [0.1, 0.15) is 5.75 Å². The van der Waals surface area contributed by atoms with E-state index in [0.717, 1.165) is 17.7 Å². The summed E-state index contributed by atoms with van der Waals surface area (Å²) in [6.45, 7) is -2.23. The number of rotatable bonds is 3. The third-order valence-electron chi connectivity index (χ3n) is 3.46. The molecule has 108 valence electrons. The molecular formula is C16H13F2NO2. The Morgan fingerprint density at radius 1 is 1.10 bits per heavy atom. The quantitative estimate of drug-likeness (QED) is 0.865. The molecule has 0 atom stereocenters. The van der Waals surface area contributed by atoms with E-state index in [1.165, 1.54) is 24.3 Å². The van der Waals surface area contributed by atoms with Crippen molar-refractivity contribution in [2.24, 2.45) is 0 Å². The summed E-state index contributed by atoms with van der Waals surface area (Å²) >= 11 is 0. The predicted octanol–water partition coefficient (Wildman–Crippen LogP) is 3.49. The molecule has 0 aromatic heterocycles. The zero-order valence-corrected chi connectivity index (χ0v) is 11.1. The Hall–Kier alpha value is -2.43. The Bertz CT molecular complexity index is 656. The Labute approximate surface area is 120 Å². The summed E-state index contributed by atoms with van der Waals surface area (Å²) in [6.07, 6.45) is 0.828. The molecule has 2 aromatic rings. The lowest BCUT2D eigenvalue weighted by Gasteiger charge is -2.17. The van der Waals surface area contributed by atoms with Gasteiger partial charge in [-0.25, -0.2) is 0 Å². The molecule has 0 spiro atoms. The van der Waals surface area contributed by atoms with Gasteiger partial charge in [0, 0.05) is 17.8 Å². The minimum absolute atomic E-state index is 0.0448. The fourth-order valence-corrected chi connectivity index (χ4v) is 2.48. The molecule has 0 unspecified atom stereocenters. The van der Waals surface area contributed by atoms with Gasteiger partial charge in [0.15, 0.2) is 0 Å². The summed E-state index contributed by atoms with van der Waals surface area (Å²) in [6, 6.07) is 13.5. The number of alkyl halides is 2. The second kappa shape index (κ2) is 5.52. The highest BCUT2D eigenvalue weighted by Gasteiger charge is 2.25. The molecule has 0 aliphatic carbocycles. The summed E-state index contributed by atoms with van der Waals surface area (Å²) in [4.78, 5) is 14.2. The van der Waals surface area contributed by atoms with Crippen LogP contribution in [0.1, 0.15) is 15.9 Å². The number of benzene rings is 2. The van der Waals surface area contributed by atoms with E-state index in [2.05, 4.69) is 4.74 Å². The molecule has 0 bridgehead atoms. The minimum Gasteiger partial charge on any atom is -0.435 e. The normalized spacial score (nSPS) is 13.4. The van der Waals surface area contributed by atoms with Crippen LogP contribution in [0, 0.1) is 0 Å². The van der Waals surface area contributed by atoms with Crippen molar-refractivity contribution in [3.05, 3.63) is 59.7 Å². The Morgan fingerprint density at radius 3 is 2.52 bits per heavy atom. The average molecular weight is 289 g/mol. The molecule has 1 amide bonds. The van der Waals surface area contributed by atoms with Crippen molar-refractivity contribution in [2.45, 2.75) is 13.0 Å². The standard InChI is InChI=1S/C16H13F2NO2/c17-16(18)21-13-7-5-12(6-8-13)15(20)19-10-9-11-3-1-2-4-14(11)19/h1-8,16H,9-10H2. The highest BCUT2D eigenvalue weighted by molar-refractivity contribution is 6.07. The van der Waals surface area contributed by atoms with Gasteiger partial charge in [-0.05, 0) is 42.3 Å². The van der Waals surface area contributed by atoms with E-state index in [1.54, 1.807) is 4.90 Å². The van der Waals surface area contributed by atoms with E-state index in [0.29, 0.717) is 12.1 Å². The molecule has 0 saturated heterocycles. The molecule has 0 N–H and O–H groups in total. The fraction of sp³-hybridized carbons (Fsp3) is 0.188. The van der Waals surface area contributed by atoms with Crippen molar-refractivity contribution >= 4 is 11.6 Å². The molecule has 3 rings (SSSR count). The summed E-state index contributed by atoms with van der Waals surface area (Å²) in [5.74, 6) is -0.0908. The van der Waals surface area contributed by atoms with Crippen LogP contribution in [0.15, 0.2) is 48.5 Å². The number of carbonyl (C=O) groups excluding carboxylic acids is 1. The molecule has 0 radical (unpaired) electrons. The second-order valence-corrected chi connectivity index (χ2v) is 4.74. The van der Waals surface area contributed by atoms with Gasteiger partial charge in [0.25, 0.3) is 5.91 Å². The largest absolute Gasteiger partial charge is 0.435 e. The number of fused-ring (bicyclic) bond motifs is 1. The van der Waals surface area contributed by atoms with Crippen LogP contribution in [-0.2, 0) is 6.42 Å². The maximum atomic E-state index is 12.5. The average Bonchev–Trinajstić information content (AvgIpc) is 2.90. The lowest BCUT2D eigenvalue weighted by Crippen LogP contribution is -2.28. The topological polar surface area (TPSA) is 29.5 Å². The van der Waals surface area contributed by atoms with Crippen molar-refractivity contribution in [2.75, 3.05) is 11.4 Å². The third kappa shape index (κ3) is 2.72. The third-order valence-corrected chi connectivity index (χ3v) is 3.46. The Kier molecular flexibility index (Phi) is 3.56. The molecule has 3 nitrogen and oxygen atoms in total. The zero-order valence-electron chi connectivity index (χ0n) is 11.1. The zero-order chi connectivity index (χ0) is 14.8. The van der Waals surface area contributed by atoms with Gasteiger partial charge in [-0.15, -0.1) is 0 Å². The van der Waals surface area contributed by atoms with Crippen molar-refractivity contribution in [1.82, 2.24) is 0 Å². The van der Waals surface area contributed by atoms with E-state index in [9.17, 15) is 13.6 Å². The van der Waals surface area contributed by atoms with Crippen molar-refractivity contribution < 1.29 is 18.3 Å². The van der Waals surface area contributed by atoms with E-state index in [1.807, 2.05) is 24.3 Å². The first-order valence-electron chi connectivity index (χ1n) is 6.60. The molecule has 2 aromatic carbocycles. The fourth-order valence-electron chi connectivity index (χ4n) is 2.48. The number of halogens is 2. The molecular weight excluding hydrogens is 276 g/mol. The predicted molar refractivity (Wildman–Crippen MR) is 74.9 cm³/mol. The number of carbonyl (C=O) groups is 1. The van der Waals surface area contributed by atoms with Gasteiger partial charge in [-0.2, -0.15) is 8.78 Å². The Balaban J connectivity index is 1.80. The van der Waals surface area contributed by atoms with Crippen LogP contribution in [-0.4, -0.2) is 19.1 Å².